The van der Waals surface area contributed by atoms with E-state index >= 15 is 0 Å². The van der Waals surface area contributed by atoms with Crippen LogP contribution in [0.2, 0.25) is 5.15 Å². The fraction of sp³-hybridized carbons (Fsp3) is 0. The molecule has 4 rings (SSSR count). The summed E-state index contributed by atoms with van der Waals surface area (Å²) in [7, 11) is -4.19. The number of nitrogens with zero attached hydrogens (tertiary/aromatic N) is 2. The van der Waals surface area contributed by atoms with Crippen LogP contribution in [0.1, 0.15) is 10.4 Å². The van der Waals surface area contributed by atoms with Gasteiger partial charge in [-0.15, -0.1) is 11.3 Å². The fourth-order valence-electron chi connectivity index (χ4n) is 2.80. The number of fused-ring (bicyclic) bond motifs is 1. The first-order valence-corrected chi connectivity index (χ1v) is 10.7. The first-order valence-electron chi connectivity index (χ1n) is 7.93. The normalized spacial score (nSPS) is 11.6. The average Bonchev–Trinajstić information content (AvgIpc) is 3.21. The van der Waals surface area contributed by atoms with Gasteiger partial charge in [0.2, 0.25) is 0 Å². The summed E-state index contributed by atoms with van der Waals surface area (Å²) in [5.41, 5.74) is 1.26. The monoisotopic (exact) mass is 433 g/mol. The molecule has 4 aromatic rings. The number of anilines is 1. The molecule has 10 heteroatoms. The van der Waals surface area contributed by atoms with Gasteiger partial charge in [0, 0.05) is 11.6 Å². The van der Waals surface area contributed by atoms with Crippen molar-refractivity contribution in [1.29, 1.82) is 0 Å². The van der Waals surface area contributed by atoms with E-state index in [-0.39, 0.29) is 21.4 Å². The molecule has 0 fully saturated rings. The van der Waals surface area contributed by atoms with Crippen molar-refractivity contribution >= 4 is 49.6 Å². The lowest BCUT2D eigenvalue weighted by molar-refractivity contribution is 0.0698. The molecule has 0 amide bonds. The minimum absolute atomic E-state index is 0.0601. The number of benzene rings is 2. The van der Waals surface area contributed by atoms with Crippen molar-refractivity contribution in [3.05, 3.63) is 70.8 Å². The van der Waals surface area contributed by atoms with E-state index in [0.29, 0.717) is 10.5 Å². The molecule has 0 saturated heterocycles. The van der Waals surface area contributed by atoms with Crippen LogP contribution in [0.4, 0.5) is 5.69 Å². The number of hydrogen-bond donors (Lipinski definition) is 2. The lowest BCUT2D eigenvalue weighted by Crippen LogP contribution is -2.17. The number of rotatable bonds is 5. The van der Waals surface area contributed by atoms with Gasteiger partial charge in [-0.05, 0) is 23.3 Å². The fourth-order valence-corrected chi connectivity index (χ4v) is 5.32. The van der Waals surface area contributed by atoms with E-state index in [9.17, 15) is 18.3 Å². The zero-order valence-corrected chi connectivity index (χ0v) is 16.4. The van der Waals surface area contributed by atoms with E-state index in [1.54, 1.807) is 11.4 Å². The molecule has 0 unspecified atom stereocenters. The molecule has 2 heterocycles. The summed E-state index contributed by atoms with van der Waals surface area (Å²) in [6.07, 6.45) is 1.53. The number of aromatic nitrogens is 2. The molecule has 0 saturated carbocycles. The number of hydrogen-bond acceptors (Lipinski definition) is 5. The predicted octanol–water partition coefficient (Wildman–Crippen LogP) is 4.22. The number of halogens is 1. The SMILES string of the molecule is O=C(O)c1ccc(-c2ccccc2)cc1NS(=O)(=O)c1c(Cl)nc2sccn12. The summed E-state index contributed by atoms with van der Waals surface area (Å²) in [4.78, 5) is 16.0. The molecule has 2 aromatic heterocycles. The largest absolute Gasteiger partial charge is 0.478 e. The van der Waals surface area contributed by atoms with Crippen LogP contribution in [0.3, 0.4) is 0 Å². The second kappa shape index (κ2) is 6.93. The van der Waals surface area contributed by atoms with Gasteiger partial charge in [-0.25, -0.2) is 9.78 Å². The van der Waals surface area contributed by atoms with Crippen molar-refractivity contribution in [1.82, 2.24) is 9.38 Å². The van der Waals surface area contributed by atoms with Crippen LogP contribution in [0.15, 0.2) is 65.1 Å². The van der Waals surface area contributed by atoms with Crippen LogP contribution in [0.5, 0.6) is 0 Å². The number of carboxylic acids is 1. The topological polar surface area (TPSA) is 101 Å². The highest BCUT2D eigenvalue weighted by molar-refractivity contribution is 7.92. The number of nitrogens with one attached hydrogen (secondary N) is 1. The van der Waals surface area contributed by atoms with E-state index in [1.807, 2.05) is 30.3 Å². The maximum Gasteiger partial charge on any atom is 0.337 e. The van der Waals surface area contributed by atoms with E-state index in [2.05, 4.69) is 9.71 Å². The zero-order valence-electron chi connectivity index (χ0n) is 14.0. The molecule has 0 aliphatic carbocycles. The highest BCUT2D eigenvalue weighted by atomic mass is 35.5. The molecule has 0 aliphatic rings. The molecule has 0 atom stereocenters. The van der Waals surface area contributed by atoms with E-state index in [1.165, 1.54) is 34.1 Å². The maximum atomic E-state index is 13.0. The lowest BCUT2D eigenvalue weighted by Gasteiger charge is -2.12. The summed E-state index contributed by atoms with van der Waals surface area (Å²) in [5, 5.41) is 10.7. The smallest absolute Gasteiger partial charge is 0.337 e. The number of imidazole rings is 1. The Morgan fingerprint density at radius 2 is 1.89 bits per heavy atom. The number of carboxylic acid groups (broad SMARTS) is 1. The summed E-state index contributed by atoms with van der Waals surface area (Å²) < 4.78 is 29.6. The lowest BCUT2D eigenvalue weighted by atomic mass is 10.0. The first kappa shape index (κ1) is 18.5. The van der Waals surface area contributed by atoms with Crippen molar-refractivity contribution in [2.75, 3.05) is 4.72 Å². The standard InChI is InChI=1S/C18H12ClN3O4S2/c19-15-16(22-8-9-27-18(22)20-15)28(25,26)21-14-10-12(6-7-13(14)17(23)24)11-4-2-1-3-5-11/h1-10,21H,(H,23,24). The molecular formula is C18H12ClN3O4S2. The summed E-state index contributed by atoms with van der Waals surface area (Å²) in [6.45, 7) is 0. The van der Waals surface area contributed by atoms with Crippen LogP contribution >= 0.6 is 22.9 Å². The summed E-state index contributed by atoms with van der Waals surface area (Å²) in [5.74, 6) is -1.25. The van der Waals surface area contributed by atoms with Crippen LogP contribution in [-0.4, -0.2) is 28.9 Å². The van der Waals surface area contributed by atoms with Gasteiger partial charge >= 0.3 is 5.97 Å². The molecule has 2 N–H and O–H groups in total. The average molecular weight is 434 g/mol. The molecule has 0 spiro atoms. The zero-order chi connectivity index (χ0) is 19.9. The summed E-state index contributed by atoms with van der Waals surface area (Å²) >= 11 is 7.26. The van der Waals surface area contributed by atoms with Gasteiger partial charge in [-0.2, -0.15) is 8.42 Å². The Morgan fingerprint density at radius 1 is 1.14 bits per heavy atom. The van der Waals surface area contributed by atoms with Crippen molar-refractivity contribution in [2.45, 2.75) is 5.03 Å². The highest BCUT2D eigenvalue weighted by Gasteiger charge is 2.27. The predicted molar refractivity (Wildman–Crippen MR) is 108 cm³/mol. The van der Waals surface area contributed by atoms with E-state index in [4.69, 9.17) is 11.6 Å². The van der Waals surface area contributed by atoms with Crippen LogP contribution < -0.4 is 4.72 Å². The van der Waals surface area contributed by atoms with Gasteiger partial charge in [0.25, 0.3) is 10.0 Å². The van der Waals surface area contributed by atoms with Crippen molar-refractivity contribution in [2.24, 2.45) is 0 Å². The molecule has 2 aromatic carbocycles. The van der Waals surface area contributed by atoms with Gasteiger partial charge < -0.3 is 5.11 Å². The summed E-state index contributed by atoms with van der Waals surface area (Å²) in [6, 6.07) is 13.7. The van der Waals surface area contributed by atoms with Crippen molar-refractivity contribution < 1.29 is 18.3 Å². The minimum Gasteiger partial charge on any atom is -0.478 e. The Kier molecular flexibility index (Phi) is 4.58. The molecule has 7 nitrogen and oxygen atoms in total. The van der Waals surface area contributed by atoms with Gasteiger partial charge in [-0.1, -0.05) is 48.0 Å². The highest BCUT2D eigenvalue weighted by Crippen LogP contribution is 2.30. The first-order chi connectivity index (χ1) is 13.4. The third-order valence-electron chi connectivity index (χ3n) is 4.03. The Hall–Kier alpha value is -2.88. The van der Waals surface area contributed by atoms with Gasteiger partial charge in [-0.3, -0.25) is 9.12 Å². The van der Waals surface area contributed by atoms with Crippen molar-refractivity contribution in [3.63, 3.8) is 0 Å². The molecule has 0 radical (unpaired) electrons. The molecule has 142 valence electrons. The van der Waals surface area contributed by atoms with Gasteiger partial charge in [0.15, 0.2) is 15.1 Å². The Bertz CT molecular complexity index is 1300. The maximum absolute atomic E-state index is 13.0. The van der Waals surface area contributed by atoms with E-state index in [0.717, 1.165) is 5.56 Å². The Morgan fingerprint density at radius 3 is 2.61 bits per heavy atom. The number of sulfonamides is 1. The number of carbonyl (C=O) groups is 1. The molecular weight excluding hydrogens is 422 g/mol. The third-order valence-corrected chi connectivity index (χ3v) is 6.55. The molecule has 0 aliphatic heterocycles. The van der Waals surface area contributed by atoms with Crippen molar-refractivity contribution in [3.8, 4) is 11.1 Å². The second-order valence-corrected chi connectivity index (χ2v) is 8.63. The van der Waals surface area contributed by atoms with Gasteiger partial charge in [0.05, 0.1) is 11.3 Å². The molecule has 0 bridgehead atoms. The Balaban J connectivity index is 1.83. The number of aromatic carboxylic acids is 1. The number of thiazole rings is 1. The van der Waals surface area contributed by atoms with Crippen LogP contribution in [0.25, 0.3) is 16.1 Å². The molecule has 28 heavy (non-hydrogen) atoms. The minimum atomic E-state index is -4.19. The van der Waals surface area contributed by atoms with Crippen LogP contribution in [-0.2, 0) is 10.0 Å². The second-order valence-electron chi connectivity index (χ2n) is 5.80. The van der Waals surface area contributed by atoms with Crippen LogP contribution in [0, 0.1) is 0 Å². The Labute approximate surface area is 168 Å². The third kappa shape index (κ3) is 3.24. The quantitative estimate of drug-likeness (QED) is 0.490. The van der Waals surface area contributed by atoms with Gasteiger partial charge in [0.1, 0.15) is 0 Å². The van der Waals surface area contributed by atoms with E-state index < -0.39 is 16.0 Å².